The molecule has 0 unspecified atom stereocenters. The Hall–Kier alpha value is -1.83. The zero-order chi connectivity index (χ0) is 15.5. The monoisotopic (exact) mass is 326 g/mol. The van der Waals surface area contributed by atoms with Crippen LogP contribution in [0.1, 0.15) is 0 Å². The number of benzene rings is 1. The zero-order valence-electron chi connectivity index (χ0n) is 11.5. The van der Waals surface area contributed by atoms with Gasteiger partial charge in [-0.25, -0.2) is 4.98 Å². The molecular weight excluding hydrogens is 312 g/mol. The second-order valence-corrected chi connectivity index (χ2v) is 6.78. The molecule has 112 valence electrons. The molecule has 0 spiro atoms. The highest BCUT2D eigenvalue weighted by Crippen LogP contribution is 2.20. The third-order valence-electron chi connectivity index (χ3n) is 2.59. The van der Waals surface area contributed by atoms with E-state index in [1.165, 1.54) is 20.3 Å². The summed E-state index contributed by atoms with van der Waals surface area (Å²) in [7, 11) is -0.625. The zero-order valence-corrected chi connectivity index (χ0v) is 13.1. The highest BCUT2D eigenvalue weighted by Gasteiger charge is 2.12. The first-order chi connectivity index (χ1) is 9.87. The SMILES string of the molecule is CN(C)S(=O)(=O)Nc1ccc(Nc2cccc(Cl)c2)nc1. The van der Waals surface area contributed by atoms with Crippen molar-refractivity contribution >= 4 is 39.0 Å². The smallest absolute Gasteiger partial charge is 0.301 e. The van der Waals surface area contributed by atoms with Crippen LogP contribution >= 0.6 is 11.6 Å². The molecule has 0 aliphatic carbocycles. The normalized spacial score (nSPS) is 11.4. The van der Waals surface area contributed by atoms with Gasteiger partial charge in [0, 0.05) is 24.8 Å². The van der Waals surface area contributed by atoms with Gasteiger partial charge < -0.3 is 5.32 Å². The minimum absolute atomic E-state index is 0.389. The molecule has 8 heteroatoms. The number of nitrogens with one attached hydrogen (secondary N) is 2. The van der Waals surface area contributed by atoms with Crippen molar-refractivity contribution in [1.82, 2.24) is 9.29 Å². The van der Waals surface area contributed by atoms with Gasteiger partial charge in [0.1, 0.15) is 5.82 Å². The molecule has 1 aromatic heterocycles. The largest absolute Gasteiger partial charge is 0.340 e. The van der Waals surface area contributed by atoms with Gasteiger partial charge >= 0.3 is 10.2 Å². The van der Waals surface area contributed by atoms with Crippen LogP contribution in [0.2, 0.25) is 5.02 Å². The Bertz CT molecular complexity index is 717. The molecule has 2 N–H and O–H groups in total. The van der Waals surface area contributed by atoms with E-state index in [0.717, 1.165) is 9.99 Å². The van der Waals surface area contributed by atoms with Gasteiger partial charge in [0.15, 0.2) is 0 Å². The molecule has 0 atom stereocenters. The maximum Gasteiger partial charge on any atom is 0.301 e. The van der Waals surface area contributed by atoms with E-state index in [-0.39, 0.29) is 0 Å². The maximum absolute atomic E-state index is 11.7. The molecule has 2 rings (SSSR count). The molecule has 0 saturated heterocycles. The van der Waals surface area contributed by atoms with E-state index in [0.29, 0.717) is 16.5 Å². The molecule has 0 radical (unpaired) electrons. The fourth-order valence-corrected chi connectivity index (χ4v) is 2.27. The van der Waals surface area contributed by atoms with Gasteiger partial charge in [-0.05, 0) is 30.3 Å². The standard InChI is InChI=1S/C13H15ClN4O2S/c1-18(2)21(19,20)17-12-6-7-13(15-9-12)16-11-5-3-4-10(14)8-11/h3-9,17H,1-2H3,(H,15,16). The summed E-state index contributed by atoms with van der Waals surface area (Å²) in [4.78, 5) is 4.15. The number of halogens is 1. The highest BCUT2D eigenvalue weighted by molar-refractivity contribution is 7.90. The van der Waals surface area contributed by atoms with E-state index in [9.17, 15) is 8.42 Å². The van der Waals surface area contributed by atoms with Crippen molar-refractivity contribution in [2.45, 2.75) is 0 Å². The highest BCUT2D eigenvalue weighted by atomic mass is 35.5. The number of hydrogen-bond donors (Lipinski definition) is 2. The molecule has 21 heavy (non-hydrogen) atoms. The van der Waals surface area contributed by atoms with Crippen molar-refractivity contribution in [3.8, 4) is 0 Å². The lowest BCUT2D eigenvalue weighted by Crippen LogP contribution is -2.28. The Kier molecular flexibility index (Phi) is 4.66. The number of pyridine rings is 1. The van der Waals surface area contributed by atoms with E-state index in [1.54, 1.807) is 24.3 Å². The molecule has 1 aromatic carbocycles. The minimum atomic E-state index is -3.52. The summed E-state index contributed by atoms with van der Waals surface area (Å²) in [5, 5.41) is 3.70. The number of rotatable bonds is 5. The average Bonchev–Trinajstić information content (AvgIpc) is 2.40. The molecule has 0 aliphatic rings. The van der Waals surface area contributed by atoms with Gasteiger partial charge in [-0.1, -0.05) is 17.7 Å². The quantitative estimate of drug-likeness (QED) is 0.886. The Morgan fingerprint density at radius 1 is 1.14 bits per heavy atom. The molecule has 1 heterocycles. The predicted molar refractivity (Wildman–Crippen MR) is 85.2 cm³/mol. The van der Waals surface area contributed by atoms with E-state index in [1.807, 2.05) is 12.1 Å². The van der Waals surface area contributed by atoms with E-state index < -0.39 is 10.2 Å². The van der Waals surface area contributed by atoms with Crippen LogP contribution in [-0.2, 0) is 10.2 Å². The van der Waals surface area contributed by atoms with Gasteiger partial charge in [0.05, 0.1) is 11.9 Å². The van der Waals surface area contributed by atoms with Crippen LogP contribution in [0.25, 0.3) is 0 Å². The Morgan fingerprint density at radius 2 is 1.90 bits per heavy atom. The Morgan fingerprint density at radius 3 is 2.48 bits per heavy atom. The summed E-state index contributed by atoms with van der Waals surface area (Å²) in [5.74, 6) is 0.588. The van der Waals surface area contributed by atoms with Crippen LogP contribution in [0, 0.1) is 0 Å². The first kappa shape index (κ1) is 15.6. The molecule has 0 bridgehead atoms. The second kappa shape index (κ2) is 6.30. The van der Waals surface area contributed by atoms with Crippen molar-refractivity contribution in [2.75, 3.05) is 24.1 Å². The van der Waals surface area contributed by atoms with Crippen molar-refractivity contribution in [3.05, 3.63) is 47.6 Å². The van der Waals surface area contributed by atoms with Gasteiger partial charge in [-0.3, -0.25) is 4.72 Å². The molecule has 0 saturated carbocycles. The predicted octanol–water partition coefficient (Wildman–Crippen LogP) is 2.70. The van der Waals surface area contributed by atoms with Crippen LogP contribution in [0.4, 0.5) is 17.2 Å². The molecule has 0 amide bonds. The lowest BCUT2D eigenvalue weighted by Gasteiger charge is -2.13. The van der Waals surface area contributed by atoms with Gasteiger partial charge in [0.2, 0.25) is 0 Å². The van der Waals surface area contributed by atoms with Gasteiger partial charge in [-0.2, -0.15) is 12.7 Å². The minimum Gasteiger partial charge on any atom is -0.340 e. The summed E-state index contributed by atoms with van der Waals surface area (Å²) in [6.45, 7) is 0. The fraction of sp³-hybridized carbons (Fsp3) is 0.154. The topological polar surface area (TPSA) is 74.3 Å². The van der Waals surface area contributed by atoms with E-state index in [2.05, 4.69) is 15.0 Å². The van der Waals surface area contributed by atoms with Crippen molar-refractivity contribution in [2.24, 2.45) is 0 Å². The summed E-state index contributed by atoms with van der Waals surface area (Å²) in [6.07, 6.45) is 1.44. The summed E-state index contributed by atoms with van der Waals surface area (Å²) < 4.78 is 26.8. The third-order valence-corrected chi connectivity index (χ3v) is 4.28. The van der Waals surface area contributed by atoms with Crippen LogP contribution in [0.15, 0.2) is 42.6 Å². The third kappa shape index (κ3) is 4.32. The molecule has 0 aliphatic heterocycles. The first-order valence-corrected chi connectivity index (χ1v) is 7.87. The number of nitrogens with zero attached hydrogens (tertiary/aromatic N) is 2. The Balaban J connectivity index is 2.09. The molecule has 6 nitrogen and oxygen atoms in total. The fourth-order valence-electron chi connectivity index (χ4n) is 1.48. The van der Waals surface area contributed by atoms with E-state index >= 15 is 0 Å². The number of aromatic nitrogens is 1. The average molecular weight is 327 g/mol. The lowest BCUT2D eigenvalue weighted by atomic mass is 10.3. The van der Waals surface area contributed by atoms with Gasteiger partial charge in [-0.15, -0.1) is 0 Å². The van der Waals surface area contributed by atoms with Crippen LogP contribution in [0.3, 0.4) is 0 Å². The number of anilines is 3. The van der Waals surface area contributed by atoms with Crippen molar-refractivity contribution < 1.29 is 8.42 Å². The summed E-state index contributed by atoms with van der Waals surface area (Å²) >= 11 is 5.90. The maximum atomic E-state index is 11.7. The molecular formula is C13H15ClN4O2S. The first-order valence-electron chi connectivity index (χ1n) is 6.06. The van der Waals surface area contributed by atoms with E-state index in [4.69, 9.17) is 11.6 Å². The molecule has 2 aromatic rings. The van der Waals surface area contributed by atoms with Gasteiger partial charge in [0.25, 0.3) is 0 Å². The van der Waals surface area contributed by atoms with Crippen LogP contribution in [-0.4, -0.2) is 31.8 Å². The summed E-state index contributed by atoms with van der Waals surface area (Å²) in [5.41, 5.74) is 1.19. The van der Waals surface area contributed by atoms with Crippen molar-refractivity contribution in [1.29, 1.82) is 0 Å². The Labute approximate surface area is 128 Å². The second-order valence-electron chi connectivity index (χ2n) is 4.46. The van der Waals surface area contributed by atoms with Crippen molar-refractivity contribution in [3.63, 3.8) is 0 Å². The summed E-state index contributed by atoms with van der Waals surface area (Å²) in [6, 6.07) is 10.5. The lowest BCUT2D eigenvalue weighted by molar-refractivity contribution is 0.527. The van der Waals surface area contributed by atoms with Crippen LogP contribution < -0.4 is 10.0 Å². The van der Waals surface area contributed by atoms with Crippen LogP contribution in [0.5, 0.6) is 0 Å². The number of hydrogen-bond acceptors (Lipinski definition) is 4. The molecule has 0 fully saturated rings.